The van der Waals surface area contributed by atoms with E-state index in [0.29, 0.717) is 18.0 Å². The van der Waals surface area contributed by atoms with E-state index in [0.717, 1.165) is 25.1 Å². The van der Waals surface area contributed by atoms with Gasteiger partial charge in [0.05, 0.1) is 5.56 Å². The van der Waals surface area contributed by atoms with E-state index in [1.54, 1.807) is 12.1 Å². The van der Waals surface area contributed by atoms with Gasteiger partial charge in [0.1, 0.15) is 0 Å². The second kappa shape index (κ2) is 7.22. The van der Waals surface area contributed by atoms with Gasteiger partial charge in [0.15, 0.2) is 0 Å². The van der Waals surface area contributed by atoms with Crippen LogP contribution in [0.3, 0.4) is 0 Å². The molecule has 114 valence electrons. The monoisotopic (exact) mass is 290 g/mol. The number of anilines is 1. The standard InChI is InChI=1S/C16H22N2O3/c1-11-4-6-13(16(20)21)9-14(11)18-15(19)7-5-12-3-2-8-17-10-12/h4,6,9,12,17H,2-3,5,7-8,10H2,1H3,(H,18,19)(H,20,21). The predicted octanol–water partition coefficient (Wildman–Crippen LogP) is 2.41. The molecule has 5 heteroatoms. The maximum absolute atomic E-state index is 12.0. The van der Waals surface area contributed by atoms with Crippen molar-refractivity contribution in [3.8, 4) is 0 Å². The van der Waals surface area contributed by atoms with Crippen LogP contribution in [-0.2, 0) is 4.79 Å². The summed E-state index contributed by atoms with van der Waals surface area (Å²) in [6.07, 6.45) is 3.69. The summed E-state index contributed by atoms with van der Waals surface area (Å²) in [4.78, 5) is 23.0. The molecule has 1 amide bonds. The molecule has 0 spiro atoms. The van der Waals surface area contributed by atoms with E-state index < -0.39 is 5.97 Å². The average molecular weight is 290 g/mol. The van der Waals surface area contributed by atoms with Crippen LogP contribution in [0.4, 0.5) is 5.69 Å². The summed E-state index contributed by atoms with van der Waals surface area (Å²) in [5.41, 5.74) is 1.64. The maximum atomic E-state index is 12.0. The zero-order chi connectivity index (χ0) is 15.2. The van der Waals surface area contributed by atoms with E-state index in [4.69, 9.17) is 5.11 Å². The van der Waals surface area contributed by atoms with Crippen molar-refractivity contribution < 1.29 is 14.7 Å². The number of piperidine rings is 1. The Labute approximate surface area is 124 Å². The fourth-order valence-electron chi connectivity index (χ4n) is 2.61. The van der Waals surface area contributed by atoms with E-state index in [1.807, 2.05) is 6.92 Å². The number of aryl methyl sites for hydroxylation is 1. The first-order valence-electron chi connectivity index (χ1n) is 7.41. The molecule has 1 saturated heterocycles. The van der Waals surface area contributed by atoms with Gasteiger partial charge in [-0.05, 0) is 62.9 Å². The number of hydrogen-bond acceptors (Lipinski definition) is 3. The smallest absolute Gasteiger partial charge is 0.335 e. The van der Waals surface area contributed by atoms with Crippen molar-refractivity contribution in [3.63, 3.8) is 0 Å². The molecule has 1 atom stereocenters. The van der Waals surface area contributed by atoms with Crippen molar-refractivity contribution in [1.82, 2.24) is 5.32 Å². The Morgan fingerprint density at radius 2 is 2.24 bits per heavy atom. The molecule has 1 fully saturated rings. The van der Waals surface area contributed by atoms with Crippen LogP contribution >= 0.6 is 0 Å². The summed E-state index contributed by atoms with van der Waals surface area (Å²) in [7, 11) is 0. The van der Waals surface area contributed by atoms with E-state index in [-0.39, 0.29) is 11.5 Å². The topological polar surface area (TPSA) is 78.4 Å². The summed E-state index contributed by atoms with van der Waals surface area (Å²) in [6.45, 7) is 3.91. The first kappa shape index (κ1) is 15.5. The van der Waals surface area contributed by atoms with Crippen molar-refractivity contribution in [2.45, 2.75) is 32.6 Å². The lowest BCUT2D eigenvalue weighted by molar-refractivity contribution is -0.116. The molecule has 1 aliphatic heterocycles. The first-order valence-corrected chi connectivity index (χ1v) is 7.41. The molecule has 3 N–H and O–H groups in total. The van der Waals surface area contributed by atoms with Gasteiger partial charge < -0.3 is 15.7 Å². The molecule has 0 bridgehead atoms. The number of rotatable bonds is 5. The third-order valence-electron chi connectivity index (χ3n) is 3.94. The molecule has 1 heterocycles. The van der Waals surface area contributed by atoms with Crippen LogP contribution in [0.15, 0.2) is 18.2 Å². The van der Waals surface area contributed by atoms with Gasteiger partial charge >= 0.3 is 5.97 Å². The van der Waals surface area contributed by atoms with Gasteiger partial charge in [0.25, 0.3) is 0 Å². The zero-order valence-corrected chi connectivity index (χ0v) is 12.3. The van der Waals surface area contributed by atoms with Crippen molar-refractivity contribution >= 4 is 17.6 Å². The number of benzene rings is 1. The number of amides is 1. The molecule has 5 nitrogen and oxygen atoms in total. The van der Waals surface area contributed by atoms with Gasteiger partial charge in [-0.3, -0.25) is 4.79 Å². The number of aromatic carboxylic acids is 1. The number of nitrogens with one attached hydrogen (secondary N) is 2. The van der Waals surface area contributed by atoms with Crippen LogP contribution in [0.5, 0.6) is 0 Å². The fourth-order valence-corrected chi connectivity index (χ4v) is 2.61. The van der Waals surface area contributed by atoms with E-state index in [2.05, 4.69) is 10.6 Å². The minimum Gasteiger partial charge on any atom is -0.478 e. The van der Waals surface area contributed by atoms with Gasteiger partial charge in [-0.1, -0.05) is 6.07 Å². The van der Waals surface area contributed by atoms with E-state index in [9.17, 15) is 9.59 Å². The highest BCUT2D eigenvalue weighted by molar-refractivity contribution is 5.94. The second-order valence-electron chi connectivity index (χ2n) is 5.63. The molecule has 0 saturated carbocycles. The fraction of sp³-hybridized carbons (Fsp3) is 0.500. The molecule has 1 aromatic carbocycles. The van der Waals surface area contributed by atoms with Crippen LogP contribution in [0.1, 0.15) is 41.6 Å². The number of carboxylic acid groups (broad SMARTS) is 1. The third-order valence-corrected chi connectivity index (χ3v) is 3.94. The van der Waals surface area contributed by atoms with Crippen molar-refractivity contribution in [1.29, 1.82) is 0 Å². The van der Waals surface area contributed by atoms with Crippen LogP contribution in [0.2, 0.25) is 0 Å². The van der Waals surface area contributed by atoms with E-state index in [1.165, 1.54) is 18.9 Å². The summed E-state index contributed by atoms with van der Waals surface area (Å²) in [5.74, 6) is -0.471. The normalized spacial score (nSPS) is 18.2. The minimum absolute atomic E-state index is 0.0498. The summed E-state index contributed by atoms with van der Waals surface area (Å²) < 4.78 is 0. The highest BCUT2D eigenvalue weighted by Gasteiger charge is 2.15. The molecule has 2 rings (SSSR count). The Kier molecular flexibility index (Phi) is 5.33. The van der Waals surface area contributed by atoms with Gasteiger partial charge in [-0.15, -0.1) is 0 Å². The van der Waals surface area contributed by atoms with Gasteiger partial charge in [-0.25, -0.2) is 4.79 Å². The average Bonchev–Trinajstić information content (AvgIpc) is 2.48. The van der Waals surface area contributed by atoms with Crippen LogP contribution < -0.4 is 10.6 Å². The summed E-state index contributed by atoms with van der Waals surface area (Å²) in [6, 6.07) is 4.77. The Morgan fingerprint density at radius 1 is 1.43 bits per heavy atom. The molecule has 1 aromatic rings. The van der Waals surface area contributed by atoms with Crippen molar-refractivity contribution in [2.24, 2.45) is 5.92 Å². The Balaban J connectivity index is 1.89. The SMILES string of the molecule is Cc1ccc(C(=O)O)cc1NC(=O)CCC1CCCNC1. The van der Waals surface area contributed by atoms with Crippen LogP contribution in [0, 0.1) is 12.8 Å². The summed E-state index contributed by atoms with van der Waals surface area (Å²) >= 11 is 0. The summed E-state index contributed by atoms with van der Waals surface area (Å²) in [5, 5.41) is 15.2. The number of carbonyl (C=O) groups is 2. The highest BCUT2D eigenvalue weighted by Crippen LogP contribution is 2.19. The molecule has 21 heavy (non-hydrogen) atoms. The molecule has 1 aliphatic rings. The van der Waals surface area contributed by atoms with Gasteiger partial charge in [-0.2, -0.15) is 0 Å². The van der Waals surface area contributed by atoms with E-state index >= 15 is 0 Å². The lowest BCUT2D eigenvalue weighted by atomic mass is 9.94. The molecule has 0 aliphatic carbocycles. The number of carboxylic acids is 1. The Morgan fingerprint density at radius 3 is 2.90 bits per heavy atom. The zero-order valence-electron chi connectivity index (χ0n) is 12.3. The minimum atomic E-state index is -0.987. The second-order valence-corrected chi connectivity index (χ2v) is 5.63. The largest absolute Gasteiger partial charge is 0.478 e. The molecule has 0 radical (unpaired) electrons. The van der Waals surface area contributed by atoms with Crippen LogP contribution in [0.25, 0.3) is 0 Å². The molecule has 1 unspecified atom stereocenters. The van der Waals surface area contributed by atoms with Gasteiger partial charge in [0.2, 0.25) is 5.91 Å². The van der Waals surface area contributed by atoms with Crippen molar-refractivity contribution in [2.75, 3.05) is 18.4 Å². The lowest BCUT2D eigenvalue weighted by Crippen LogP contribution is -2.30. The Hall–Kier alpha value is -1.88. The maximum Gasteiger partial charge on any atom is 0.335 e. The van der Waals surface area contributed by atoms with Crippen molar-refractivity contribution in [3.05, 3.63) is 29.3 Å². The number of hydrogen-bond donors (Lipinski definition) is 3. The van der Waals surface area contributed by atoms with Crippen LogP contribution in [-0.4, -0.2) is 30.1 Å². The molecule has 0 aromatic heterocycles. The molecular formula is C16H22N2O3. The lowest BCUT2D eigenvalue weighted by Gasteiger charge is -2.22. The predicted molar refractivity (Wildman–Crippen MR) is 81.6 cm³/mol. The first-order chi connectivity index (χ1) is 10.1. The Bertz CT molecular complexity index is 522. The van der Waals surface area contributed by atoms with Gasteiger partial charge in [0, 0.05) is 12.1 Å². The molecular weight excluding hydrogens is 268 g/mol. The number of carbonyl (C=O) groups excluding carboxylic acids is 1. The highest BCUT2D eigenvalue weighted by atomic mass is 16.4. The third kappa shape index (κ3) is 4.56. The quantitative estimate of drug-likeness (QED) is 0.778.